The Balaban J connectivity index is 1.55. The molecule has 0 aliphatic rings. The van der Waals surface area contributed by atoms with E-state index in [4.69, 9.17) is 16.7 Å². The Bertz CT molecular complexity index is 1330. The third-order valence-electron chi connectivity index (χ3n) is 4.34. The van der Waals surface area contributed by atoms with Crippen molar-refractivity contribution < 1.29 is 12.8 Å². The molecule has 0 fully saturated rings. The molecule has 2 aromatic heterocycles. The van der Waals surface area contributed by atoms with Crippen LogP contribution in [-0.4, -0.2) is 23.4 Å². The van der Waals surface area contributed by atoms with E-state index in [1.165, 1.54) is 24.3 Å². The highest BCUT2D eigenvalue weighted by Crippen LogP contribution is 2.25. The molecule has 0 saturated heterocycles. The average Bonchev–Trinajstić information content (AvgIpc) is 2.72. The number of hydrogen-bond donors (Lipinski definition) is 2. The van der Waals surface area contributed by atoms with E-state index in [9.17, 15) is 12.8 Å². The summed E-state index contributed by atoms with van der Waals surface area (Å²) >= 11 is 6.31. The molecule has 0 amide bonds. The number of aromatic nitrogens is 3. The maximum atomic E-state index is 13.1. The molecule has 7 nitrogen and oxygen atoms in total. The van der Waals surface area contributed by atoms with Crippen molar-refractivity contribution in [3.05, 3.63) is 77.2 Å². The van der Waals surface area contributed by atoms with Crippen molar-refractivity contribution in [2.24, 2.45) is 5.14 Å². The van der Waals surface area contributed by atoms with Crippen molar-refractivity contribution in [3.63, 3.8) is 0 Å². The molecular formula is C20H15ClFN5O2S. The fraction of sp³-hybridized carbons (Fsp3) is 0.0500. The van der Waals surface area contributed by atoms with Crippen LogP contribution in [0.1, 0.15) is 5.56 Å². The second-order valence-corrected chi connectivity index (χ2v) is 8.37. The maximum Gasteiger partial charge on any atom is 0.238 e. The summed E-state index contributed by atoms with van der Waals surface area (Å²) in [6.45, 7) is 0.355. The second-order valence-electron chi connectivity index (χ2n) is 6.45. The first-order valence-corrected chi connectivity index (χ1v) is 10.7. The monoisotopic (exact) mass is 443 g/mol. The van der Waals surface area contributed by atoms with E-state index in [1.807, 2.05) is 0 Å². The molecule has 4 rings (SSSR count). The lowest BCUT2D eigenvalue weighted by atomic mass is 10.1. The van der Waals surface area contributed by atoms with E-state index >= 15 is 0 Å². The number of anilines is 1. The number of rotatable bonds is 5. The van der Waals surface area contributed by atoms with Crippen molar-refractivity contribution in [1.82, 2.24) is 15.0 Å². The minimum Gasteiger partial charge on any atom is -0.350 e. The number of fused-ring (bicyclic) bond motifs is 1. The minimum atomic E-state index is -3.73. The molecule has 4 aromatic rings. The van der Waals surface area contributed by atoms with Gasteiger partial charge in [-0.05, 0) is 54.1 Å². The third kappa shape index (κ3) is 4.38. The van der Waals surface area contributed by atoms with Gasteiger partial charge in [-0.3, -0.25) is 0 Å². The van der Waals surface area contributed by atoms with Gasteiger partial charge in [0.25, 0.3) is 0 Å². The number of hydrogen-bond acceptors (Lipinski definition) is 6. The minimum absolute atomic E-state index is 0.0410. The molecule has 0 atom stereocenters. The Hall–Kier alpha value is -3.14. The summed E-state index contributed by atoms with van der Waals surface area (Å²) in [5.41, 5.74) is 3.17. The first-order chi connectivity index (χ1) is 14.3. The lowest BCUT2D eigenvalue weighted by Crippen LogP contribution is -2.12. The zero-order chi connectivity index (χ0) is 21.3. The van der Waals surface area contributed by atoms with Crippen LogP contribution in [-0.2, 0) is 16.6 Å². The smallest absolute Gasteiger partial charge is 0.238 e. The van der Waals surface area contributed by atoms with Gasteiger partial charge in [0.1, 0.15) is 11.3 Å². The Labute approximate surface area is 176 Å². The van der Waals surface area contributed by atoms with Crippen LogP contribution in [0.25, 0.3) is 22.3 Å². The molecule has 152 valence electrons. The molecule has 10 heteroatoms. The second kappa shape index (κ2) is 7.94. The fourth-order valence-electron chi connectivity index (χ4n) is 2.82. The average molecular weight is 444 g/mol. The normalized spacial score (nSPS) is 11.6. The van der Waals surface area contributed by atoms with Gasteiger partial charge < -0.3 is 5.32 Å². The summed E-state index contributed by atoms with van der Waals surface area (Å²) in [5, 5.41) is 8.32. The largest absolute Gasteiger partial charge is 0.350 e. The van der Waals surface area contributed by atoms with Crippen LogP contribution in [0, 0.1) is 5.82 Å². The predicted molar refractivity (Wildman–Crippen MR) is 113 cm³/mol. The number of sulfonamides is 1. The van der Waals surface area contributed by atoms with Gasteiger partial charge in [-0.2, -0.15) is 4.98 Å². The fourth-order valence-corrected chi connectivity index (χ4v) is 3.55. The molecule has 2 heterocycles. The summed E-state index contributed by atoms with van der Waals surface area (Å²) in [6.07, 6.45) is 0. The summed E-state index contributed by atoms with van der Waals surface area (Å²) in [5.74, 6) is -0.0183. The molecule has 0 unspecified atom stereocenters. The standard InChI is InChI=1S/C20H15ClFN5O2S/c21-19-18-17(10-9-16(25-18)13-3-5-14(22)6-4-13)26-20(27-19)24-11-12-1-7-15(8-2-12)30(23,28)29/h1-10H,11H2,(H2,23,28,29)(H,24,26,27). The van der Waals surface area contributed by atoms with E-state index in [1.54, 1.807) is 36.4 Å². The van der Waals surface area contributed by atoms with Gasteiger partial charge in [0.15, 0.2) is 5.15 Å². The quantitative estimate of drug-likeness (QED) is 0.454. The SMILES string of the molecule is NS(=O)(=O)c1ccc(CNc2nc(Cl)c3nc(-c4ccc(F)cc4)ccc3n2)cc1. The number of pyridine rings is 1. The van der Waals surface area contributed by atoms with Crippen LogP contribution in [0.5, 0.6) is 0 Å². The number of nitrogens with one attached hydrogen (secondary N) is 1. The Kier molecular flexibility index (Phi) is 5.33. The van der Waals surface area contributed by atoms with Gasteiger partial charge in [0.05, 0.1) is 16.1 Å². The van der Waals surface area contributed by atoms with E-state index in [2.05, 4.69) is 20.3 Å². The van der Waals surface area contributed by atoms with Crippen LogP contribution in [0.15, 0.2) is 65.6 Å². The van der Waals surface area contributed by atoms with Crippen LogP contribution in [0.4, 0.5) is 10.3 Å². The van der Waals surface area contributed by atoms with Gasteiger partial charge in [0.2, 0.25) is 16.0 Å². The van der Waals surface area contributed by atoms with E-state index < -0.39 is 10.0 Å². The molecular weight excluding hydrogens is 429 g/mol. The van der Waals surface area contributed by atoms with Crippen molar-refractivity contribution in [2.75, 3.05) is 5.32 Å². The summed E-state index contributed by atoms with van der Waals surface area (Å²) in [7, 11) is -3.73. The summed E-state index contributed by atoms with van der Waals surface area (Å²) < 4.78 is 35.8. The van der Waals surface area contributed by atoms with Crippen molar-refractivity contribution in [1.29, 1.82) is 0 Å². The van der Waals surface area contributed by atoms with Gasteiger partial charge >= 0.3 is 0 Å². The van der Waals surface area contributed by atoms with Crippen LogP contribution in [0.3, 0.4) is 0 Å². The van der Waals surface area contributed by atoms with Crippen molar-refractivity contribution >= 4 is 38.6 Å². The first-order valence-electron chi connectivity index (χ1n) is 8.75. The molecule has 30 heavy (non-hydrogen) atoms. The number of nitrogens with two attached hydrogens (primary N) is 1. The number of benzene rings is 2. The lowest BCUT2D eigenvalue weighted by molar-refractivity contribution is 0.597. The third-order valence-corrected chi connectivity index (χ3v) is 5.54. The number of halogens is 2. The van der Waals surface area contributed by atoms with E-state index in [0.29, 0.717) is 29.2 Å². The highest BCUT2D eigenvalue weighted by Gasteiger charge is 2.11. The first kappa shape index (κ1) is 20.1. The van der Waals surface area contributed by atoms with Gasteiger partial charge in [-0.15, -0.1) is 0 Å². The number of primary sulfonamides is 1. The van der Waals surface area contributed by atoms with Crippen LogP contribution >= 0.6 is 11.6 Å². The molecule has 0 spiro atoms. The highest BCUT2D eigenvalue weighted by molar-refractivity contribution is 7.89. The lowest BCUT2D eigenvalue weighted by Gasteiger charge is -2.09. The zero-order valence-corrected chi connectivity index (χ0v) is 17.0. The topological polar surface area (TPSA) is 111 Å². The summed E-state index contributed by atoms with van der Waals surface area (Å²) in [4.78, 5) is 13.2. The van der Waals surface area contributed by atoms with E-state index in [-0.39, 0.29) is 15.9 Å². The van der Waals surface area contributed by atoms with Crippen LogP contribution < -0.4 is 10.5 Å². The summed E-state index contributed by atoms with van der Waals surface area (Å²) in [6, 6.07) is 15.7. The maximum absolute atomic E-state index is 13.1. The Morgan fingerprint density at radius 2 is 1.63 bits per heavy atom. The molecule has 0 aliphatic heterocycles. The van der Waals surface area contributed by atoms with Gasteiger partial charge in [-0.1, -0.05) is 23.7 Å². The molecule has 2 aromatic carbocycles. The molecule has 0 aliphatic carbocycles. The molecule has 0 saturated carbocycles. The van der Waals surface area contributed by atoms with Gasteiger partial charge in [0, 0.05) is 12.1 Å². The molecule has 0 bridgehead atoms. The number of nitrogens with zero attached hydrogens (tertiary/aromatic N) is 3. The zero-order valence-electron chi connectivity index (χ0n) is 15.4. The molecule has 3 N–H and O–H groups in total. The Morgan fingerprint density at radius 1 is 0.933 bits per heavy atom. The predicted octanol–water partition coefficient (Wildman–Crippen LogP) is 3.74. The van der Waals surface area contributed by atoms with Gasteiger partial charge in [-0.25, -0.2) is 27.9 Å². The Morgan fingerprint density at radius 3 is 2.30 bits per heavy atom. The molecule has 0 radical (unpaired) electrons. The van der Waals surface area contributed by atoms with Crippen molar-refractivity contribution in [2.45, 2.75) is 11.4 Å². The highest BCUT2D eigenvalue weighted by atomic mass is 35.5. The van der Waals surface area contributed by atoms with Crippen molar-refractivity contribution in [3.8, 4) is 11.3 Å². The van der Waals surface area contributed by atoms with Crippen LogP contribution in [0.2, 0.25) is 5.15 Å². The van der Waals surface area contributed by atoms with E-state index in [0.717, 1.165) is 11.1 Å².